The number of benzene rings is 3. The summed E-state index contributed by atoms with van der Waals surface area (Å²) in [6.07, 6.45) is 0.936. The monoisotopic (exact) mass is 436 g/mol. The molecule has 3 aromatic carbocycles. The molecular weight excluding hydrogens is 412 g/mol. The van der Waals surface area contributed by atoms with Crippen LogP contribution in [-0.2, 0) is 27.8 Å². The smallest absolute Gasteiger partial charge is 0.411 e. The fourth-order valence-corrected chi connectivity index (χ4v) is 5.12. The van der Waals surface area contributed by atoms with Gasteiger partial charge in [-0.1, -0.05) is 54.1 Å². The van der Waals surface area contributed by atoms with Crippen molar-refractivity contribution in [1.29, 1.82) is 0 Å². The van der Waals surface area contributed by atoms with Crippen LogP contribution in [0, 0.1) is 6.92 Å². The van der Waals surface area contributed by atoms with E-state index in [2.05, 4.69) is 5.32 Å². The molecule has 0 atom stereocenters. The first kappa shape index (κ1) is 20.9. The molecule has 0 radical (unpaired) electrons. The number of nitrogens with one attached hydrogen (secondary N) is 1. The number of carbonyl (C=O) groups excluding carboxylic acids is 1. The average molecular weight is 437 g/mol. The molecule has 0 saturated carbocycles. The minimum absolute atomic E-state index is 0.158. The summed E-state index contributed by atoms with van der Waals surface area (Å²) in [5.41, 5.74) is 3.90. The summed E-state index contributed by atoms with van der Waals surface area (Å²) >= 11 is 0. The first-order valence-electron chi connectivity index (χ1n) is 10.1. The van der Waals surface area contributed by atoms with Gasteiger partial charge < -0.3 is 4.74 Å². The average Bonchev–Trinajstić information content (AvgIpc) is 2.78. The second-order valence-electron chi connectivity index (χ2n) is 7.52. The number of carbonyl (C=O) groups is 1. The van der Waals surface area contributed by atoms with E-state index < -0.39 is 16.1 Å². The number of sulfonamides is 1. The topological polar surface area (TPSA) is 75.7 Å². The molecule has 0 aliphatic carbocycles. The lowest BCUT2D eigenvalue weighted by Gasteiger charge is -2.31. The molecule has 0 spiro atoms. The summed E-state index contributed by atoms with van der Waals surface area (Å²) in [6.45, 7) is 2.47. The van der Waals surface area contributed by atoms with E-state index in [9.17, 15) is 13.2 Å². The highest BCUT2D eigenvalue weighted by Gasteiger charge is 2.29. The molecule has 4 rings (SSSR count). The van der Waals surface area contributed by atoms with Gasteiger partial charge in [0.25, 0.3) is 10.0 Å². The molecule has 1 N–H and O–H groups in total. The van der Waals surface area contributed by atoms with Crippen molar-refractivity contribution < 1.29 is 17.9 Å². The van der Waals surface area contributed by atoms with Gasteiger partial charge in [-0.05, 0) is 55.2 Å². The number of anilines is 2. The zero-order valence-corrected chi connectivity index (χ0v) is 18.1. The minimum Gasteiger partial charge on any atom is -0.444 e. The van der Waals surface area contributed by atoms with Gasteiger partial charge in [0.1, 0.15) is 6.61 Å². The third-order valence-electron chi connectivity index (χ3n) is 5.23. The maximum Gasteiger partial charge on any atom is 0.411 e. The van der Waals surface area contributed by atoms with Crippen molar-refractivity contribution in [3.63, 3.8) is 0 Å². The van der Waals surface area contributed by atoms with Crippen molar-refractivity contribution in [1.82, 2.24) is 0 Å². The first-order valence-corrected chi connectivity index (χ1v) is 11.6. The van der Waals surface area contributed by atoms with E-state index in [1.54, 1.807) is 36.4 Å². The van der Waals surface area contributed by atoms with Crippen LogP contribution >= 0.6 is 0 Å². The summed E-state index contributed by atoms with van der Waals surface area (Å²) < 4.78 is 33.2. The SMILES string of the molecule is Cc1ccc(S(=O)(=O)N2CCCc3ccc(NC(=O)OCc4ccccc4)cc32)cc1. The number of ether oxygens (including phenoxy) is 1. The Labute approximate surface area is 182 Å². The Morgan fingerprint density at radius 1 is 1.03 bits per heavy atom. The van der Waals surface area contributed by atoms with Gasteiger partial charge in [0.2, 0.25) is 0 Å². The number of hydrogen-bond acceptors (Lipinski definition) is 4. The molecule has 1 heterocycles. The Morgan fingerprint density at radius 2 is 1.77 bits per heavy atom. The third kappa shape index (κ3) is 4.72. The maximum atomic E-state index is 13.3. The Morgan fingerprint density at radius 3 is 2.52 bits per heavy atom. The first-order chi connectivity index (χ1) is 14.9. The van der Waals surface area contributed by atoms with Crippen molar-refractivity contribution in [3.05, 3.63) is 89.5 Å². The van der Waals surface area contributed by atoms with Gasteiger partial charge in [-0.25, -0.2) is 13.2 Å². The summed E-state index contributed by atoms with van der Waals surface area (Å²) in [4.78, 5) is 12.5. The van der Waals surface area contributed by atoms with E-state index in [4.69, 9.17) is 4.74 Å². The summed E-state index contributed by atoms with van der Waals surface area (Å²) in [7, 11) is -3.69. The van der Waals surface area contributed by atoms with Gasteiger partial charge in [0, 0.05) is 12.2 Å². The second kappa shape index (κ2) is 8.81. The molecule has 1 amide bonds. The lowest BCUT2D eigenvalue weighted by molar-refractivity contribution is 0.155. The van der Waals surface area contributed by atoms with Crippen LogP contribution in [0.25, 0.3) is 0 Å². The molecule has 6 nitrogen and oxygen atoms in total. The molecule has 3 aromatic rings. The third-order valence-corrected chi connectivity index (χ3v) is 7.06. The number of aryl methyl sites for hydroxylation is 2. The summed E-state index contributed by atoms with van der Waals surface area (Å²) in [6, 6.07) is 21.6. The number of rotatable bonds is 5. The predicted octanol–water partition coefficient (Wildman–Crippen LogP) is 4.89. The quantitative estimate of drug-likeness (QED) is 0.618. The Balaban J connectivity index is 1.53. The van der Waals surface area contributed by atoms with Gasteiger partial charge >= 0.3 is 6.09 Å². The Bertz CT molecular complexity index is 1180. The minimum atomic E-state index is -3.69. The van der Waals surface area contributed by atoms with Crippen LogP contribution in [0.3, 0.4) is 0 Å². The van der Waals surface area contributed by atoms with Crippen molar-refractivity contribution in [2.24, 2.45) is 0 Å². The second-order valence-corrected chi connectivity index (χ2v) is 9.39. The van der Waals surface area contributed by atoms with Gasteiger partial charge in [0.05, 0.1) is 10.6 Å². The van der Waals surface area contributed by atoms with E-state index in [1.807, 2.05) is 43.3 Å². The molecular formula is C24H24N2O4S. The van der Waals surface area contributed by atoms with E-state index in [1.165, 1.54) is 4.31 Å². The summed E-state index contributed by atoms with van der Waals surface area (Å²) in [5.74, 6) is 0. The van der Waals surface area contributed by atoms with Gasteiger partial charge in [-0.3, -0.25) is 9.62 Å². The molecule has 1 aliphatic heterocycles. The highest BCUT2D eigenvalue weighted by molar-refractivity contribution is 7.92. The molecule has 0 unspecified atom stereocenters. The molecule has 7 heteroatoms. The van der Waals surface area contributed by atoms with Crippen LogP contribution in [0.15, 0.2) is 77.7 Å². The van der Waals surface area contributed by atoms with Crippen molar-refractivity contribution in [3.8, 4) is 0 Å². The van der Waals surface area contributed by atoms with Crippen LogP contribution in [0.5, 0.6) is 0 Å². The number of hydrogen-bond donors (Lipinski definition) is 1. The standard InChI is InChI=1S/C24H24N2O4S/c1-18-9-13-22(14-10-18)31(28,29)26-15-5-8-20-11-12-21(16-23(20)26)25-24(27)30-17-19-6-3-2-4-7-19/h2-4,6-7,9-14,16H,5,8,15,17H2,1H3,(H,25,27). The Kier molecular flexibility index (Phi) is 5.95. The zero-order chi connectivity index (χ0) is 21.8. The molecule has 0 aromatic heterocycles. The molecule has 1 aliphatic rings. The normalized spacial score (nSPS) is 13.4. The van der Waals surface area contributed by atoms with Crippen LogP contribution < -0.4 is 9.62 Å². The highest BCUT2D eigenvalue weighted by Crippen LogP contribution is 2.34. The fourth-order valence-electron chi connectivity index (χ4n) is 3.58. The summed E-state index contributed by atoms with van der Waals surface area (Å²) in [5, 5.41) is 2.70. The van der Waals surface area contributed by atoms with E-state index in [0.717, 1.165) is 29.5 Å². The predicted molar refractivity (Wildman–Crippen MR) is 121 cm³/mol. The molecule has 0 fully saturated rings. The van der Waals surface area contributed by atoms with Crippen LogP contribution in [0.4, 0.5) is 16.2 Å². The zero-order valence-electron chi connectivity index (χ0n) is 17.2. The molecule has 160 valence electrons. The van der Waals surface area contributed by atoms with Crippen LogP contribution in [-0.4, -0.2) is 21.1 Å². The van der Waals surface area contributed by atoms with Gasteiger partial charge in [-0.2, -0.15) is 0 Å². The molecule has 0 saturated heterocycles. The number of fused-ring (bicyclic) bond motifs is 1. The van der Waals surface area contributed by atoms with Crippen molar-refractivity contribution in [2.75, 3.05) is 16.2 Å². The Hall–Kier alpha value is -3.32. The largest absolute Gasteiger partial charge is 0.444 e. The molecule has 0 bridgehead atoms. The number of amides is 1. The maximum absolute atomic E-state index is 13.3. The van der Waals surface area contributed by atoms with Crippen molar-refractivity contribution >= 4 is 27.5 Å². The van der Waals surface area contributed by atoms with E-state index in [0.29, 0.717) is 17.9 Å². The lowest BCUT2D eigenvalue weighted by atomic mass is 10.0. The van der Waals surface area contributed by atoms with Gasteiger partial charge in [-0.15, -0.1) is 0 Å². The van der Waals surface area contributed by atoms with Crippen LogP contribution in [0.1, 0.15) is 23.1 Å². The fraction of sp³-hybridized carbons (Fsp3) is 0.208. The van der Waals surface area contributed by atoms with E-state index >= 15 is 0 Å². The number of nitrogens with zero attached hydrogens (tertiary/aromatic N) is 1. The molecule has 31 heavy (non-hydrogen) atoms. The van der Waals surface area contributed by atoms with E-state index in [-0.39, 0.29) is 11.5 Å². The van der Waals surface area contributed by atoms with Gasteiger partial charge in [0.15, 0.2) is 0 Å². The lowest BCUT2D eigenvalue weighted by Crippen LogP contribution is -2.35. The van der Waals surface area contributed by atoms with Crippen molar-refractivity contribution in [2.45, 2.75) is 31.3 Å². The highest BCUT2D eigenvalue weighted by atomic mass is 32.2. The van der Waals surface area contributed by atoms with Crippen LogP contribution in [0.2, 0.25) is 0 Å².